The molecule has 0 saturated heterocycles. The van der Waals surface area contributed by atoms with E-state index in [1.54, 1.807) is 18.3 Å². The summed E-state index contributed by atoms with van der Waals surface area (Å²) in [5.74, 6) is -0.541. The highest BCUT2D eigenvalue weighted by Crippen LogP contribution is 2.23. The number of amides is 1. The highest BCUT2D eigenvalue weighted by Gasteiger charge is 2.12. The fourth-order valence-corrected chi connectivity index (χ4v) is 2.20. The average Bonchev–Trinajstić information content (AvgIpc) is 2.49. The Morgan fingerprint density at radius 1 is 1.14 bits per heavy atom. The maximum atomic E-state index is 12.2. The van der Waals surface area contributed by atoms with E-state index < -0.39 is 5.91 Å². The van der Waals surface area contributed by atoms with E-state index in [9.17, 15) is 9.90 Å². The first-order valence-electron chi connectivity index (χ1n) is 6.28. The van der Waals surface area contributed by atoms with Gasteiger partial charge in [-0.25, -0.2) is 0 Å². The molecule has 0 fully saturated rings. The second kappa shape index (κ2) is 5.42. The Kier molecular flexibility index (Phi) is 3.46. The Labute approximate surface area is 126 Å². The molecule has 0 unspecified atom stereocenters. The topological polar surface area (TPSA) is 62.2 Å². The van der Waals surface area contributed by atoms with Gasteiger partial charge in [-0.1, -0.05) is 23.7 Å². The van der Waals surface area contributed by atoms with Gasteiger partial charge in [-0.2, -0.15) is 0 Å². The van der Waals surface area contributed by atoms with Crippen LogP contribution in [0.15, 0.2) is 54.7 Å². The van der Waals surface area contributed by atoms with Gasteiger partial charge in [-0.05, 0) is 36.4 Å². The molecule has 5 heteroatoms. The number of carbonyl (C=O) groups is 1. The van der Waals surface area contributed by atoms with Crippen molar-refractivity contribution in [3.8, 4) is 5.75 Å². The Bertz CT molecular complexity index is 833. The fraction of sp³-hybridized carbons (Fsp3) is 0. The molecular weight excluding hydrogens is 288 g/mol. The van der Waals surface area contributed by atoms with Crippen LogP contribution in [0, 0.1) is 0 Å². The van der Waals surface area contributed by atoms with Crippen LogP contribution in [0.4, 0.5) is 5.69 Å². The minimum atomic E-state index is -0.426. The molecule has 0 aliphatic heterocycles. The number of anilines is 1. The van der Waals surface area contributed by atoms with Crippen molar-refractivity contribution in [2.45, 2.75) is 0 Å². The van der Waals surface area contributed by atoms with Gasteiger partial charge in [0.25, 0.3) is 5.91 Å². The summed E-state index contributed by atoms with van der Waals surface area (Å²) < 4.78 is 0. The second-order valence-electron chi connectivity index (χ2n) is 4.53. The van der Waals surface area contributed by atoms with Crippen molar-refractivity contribution in [1.29, 1.82) is 0 Å². The number of fused-ring (bicyclic) bond motifs is 1. The zero-order valence-electron chi connectivity index (χ0n) is 10.9. The second-order valence-corrected chi connectivity index (χ2v) is 4.96. The number of hydrogen-bond donors (Lipinski definition) is 2. The SMILES string of the molecule is O=C(Nc1ccc2cccnc2c1)c1cc(Cl)ccc1O. The summed E-state index contributed by atoms with van der Waals surface area (Å²) in [6, 6.07) is 13.5. The first-order valence-corrected chi connectivity index (χ1v) is 6.66. The van der Waals surface area contributed by atoms with Crippen LogP contribution in [0.5, 0.6) is 5.75 Å². The molecule has 1 amide bonds. The molecule has 1 aromatic heterocycles. The predicted molar refractivity (Wildman–Crippen MR) is 82.8 cm³/mol. The number of hydrogen-bond acceptors (Lipinski definition) is 3. The molecule has 0 saturated carbocycles. The number of aromatic hydroxyl groups is 1. The lowest BCUT2D eigenvalue weighted by atomic mass is 10.1. The fourth-order valence-electron chi connectivity index (χ4n) is 2.03. The van der Waals surface area contributed by atoms with Gasteiger partial charge in [0.1, 0.15) is 5.75 Å². The Hall–Kier alpha value is -2.59. The number of phenolic OH excluding ortho intramolecular Hbond substituents is 1. The van der Waals surface area contributed by atoms with Gasteiger partial charge in [0.05, 0.1) is 11.1 Å². The van der Waals surface area contributed by atoms with E-state index in [0.717, 1.165) is 10.9 Å². The molecule has 21 heavy (non-hydrogen) atoms. The summed E-state index contributed by atoms with van der Waals surface area (Å²) in [5, 5.41) is 13.8. The number of pyridine rings is 1. The highest BCUT2D eigenvalue weighted by molar-refractivity contribution is 6.31. The average molecular weight is 299 g/mol. The van der Waals surface area contributed by atoms with Crippen LogP contribution in [0.1, 0.15) is 10.4 Å². The van der Waals surface area contributed by atoms with Crippen molar-refractivity contribution in [3.05, 3.63) is 65.3 Å². The van der Waals surface area contributed by atoms with Gasteiger partial charge in [-0.3, -0.25) is 9.78 Å². The van der Waals surface area contributed by atoms with Crippen LogP contribution < -0.4 is 5.32 Å². The van der Waals surface area contributed by atoms with Gasteiger partial charge >= 0.3 is 0 Å². The number of aromatic nitrogens is 1. The highest BCUT2D eigenvalue weighted by atomic mass is 35.5. The summed E-state index contributed by atoms with van der Waals surface area (Å²) in [6.07, 6.45) is 1.69. The number of rotatable bonds is 2. The monoisotopic (exact) mass is 298 g/mol. The van der Waals surface area contributed by atoms with Crippen LogP contribution in [-0.4, -0.2) is 16.0 Å². The molecule has 104 valence electrons. The smallest absolute Gasteiger partial charge is 0.259 e. The summed E-state index contributed by atoms with van der Waals surface area (Å²) >= 11 is 5.84. The van der Waals surface area contributed by atoms with Crippen LogP contribution in [0.25, 0.3) is 10.9 Å². The molecule has 3 rings (SSSR count). The van der Waals surface area contributed by atoms with E-state index in [2.05, 4.69) is 10.3 Å². The first kappa shape index (κ1) is 13.4. The molecule has 0 spiro atoms. The van der Waals surface area contributed by atoms with Crippen molar-refractivity contribution < 1.29 is 9.90 Å². The normalized spacial score (nSPS) is 10.5. The van der Waals surface area contributed by atoms with E-state index in [1.807, 2.05) is 18.2 Å². The lowest BCUT2D eigenvalue weighted by molar-refractivity contribution is 0.102. The van der Waals surface area contributed by atoms with Crippen LogP contribution in [-0.2, 0) is 0 Å². The summed E-state index contributed by atoms with van der Waals surface area (Å²) in [6.45, 7) is 0. The lowest BCUT2D eigenvalue weighted by Gasteiger charge is -2.08. The standard InChI is InChI=1S/C16H11ClN2O2/c17-11-4-6-15(20)13(8-11)16(21)19-12-5-3-10-2-1-7-18-14(10)9-12/h1-9,20H,(H,19,21). The van der Waals surface area contributed by atoms with E-state index >= 15 is 0 Å². The predicted octanol–water partition coefficient (Wildman–Crippen LogP) is 3.85. The van der Waals surface area contributed by atoms with E-state index in [-0.39, 0.29) is 11.3 Å². The quantitative estimate of drug-likeness (QED) is 0.755. The van der Waals surface area contributed by atoms with Crippen LogP contribution >= 0.6 is 11.6 Å². The molecule has 4 nitrogen and oxygen atoms in total. The molecule has 3 aromatic rings. The number of nitrogens with zero attached hydrogens (tertiary/aromatic N) is 1. The molecule has 1 heterocycles. The Morgan fingerprint density at radius 2 is 2.00 bits per heavy atom. The minimum Gasteiger partial charge on any atom is -0.507 e. The largest absolute Gasteiger partial charge is 0.507 e. The van der Waals surface area contributed by atoms with Crippen molar-refractivity contribution in [1.82, 2.24) is 4.98 Å². The first-order chi connectivity index (χ1) is 10.1. The summed E-state index contributed by atoms with van der Waals surface area (Å²) in [4.78, 5) is 16.4. The van der Waals surface area contributed by atoms with Crippen molar-refractivity contribution >= 4 is 34.1 Å². The van der Waals surface area contributed by atoms with E-state index in [0.29, 0.717) is 10.7 Å². The zero-order valence-corrected chi connectivity index (χ0v) is 11.6. The van der Waals surface area contributed by atoms with Crippen molar-refractivity contribution in [2.24, 2.45) is 0 Å². The molecular formula is C16H11ClN2O2. The maximum Gasteiger partial charge on any atom is 0.259 e. The van der Waals surface area contributed by atoms with Gasteiger partial charge in [0.15, 0.2) is 0 Å². The summed E-state index contributed by atoms with van der Waals surface area (Å²) in [7, 11) is 0. The van der Waals surface area contributed by atoms with E-state index in [4.69, 9.17) is 11.6 Å². The van der Waals surface area contributed by atoms with Gasteiger partial charge in [-0.15, -0.1) is 0 Å². The molecule has 0 aliphatic carbocycles. The van der Waals surface area contributed by atoms with Crippen LogP contribution in [0.3, 0.4) is 0 Å². The molecule has 2 aromatic carbocycles. The zero-order chi connectivity index (χ0) is 14.8. The number of halogens is 1. The van der Waals surface area contributed by atoms with Crippen molar-refractivity contribution in [2.75, 3.05) is 5.32 Å². The maximum absolute atomic E-state index is 12.2. The Morgan fingerprint density at radius 3 is 2.86 bits per heavy atom. The number of carbonyl (C=O) groups excluding carboxylic acids is 1. The van der Waals surface area contributed by atoms with Gasteiger partial charge in [0.2, 0.25) is 0 Å². The van der Waals surface area contributed by atoms with E-state index in [1.165, 1.54) is 18.2 Å². The third-order valence-electron chi connectivity index (χ3n) is 3.07. The third kappa shape index (κ3) is 2.80. The number of benzene rings is 2. The number of phenols is 1. The number of nitrogens with one attached hydrogen (secondary N) is 1. The van der Waals surface area contributed by atoms with Crippen molar-refractivity contribution in [3.63, 3.8) is 0 Å². The minimum absolute atomic E-state index is 0.115. The van der Waals surface area contributed by atoms with Gasteiger partial charge in [0, 0.05) is 22.3 Å². The summed E-state index contributed by atoms with van der Waals surface area (Å²) in [5.41, 5.74) is 1.51. The lowest BCUT2D eigenvalue weighted by Crippen LogP contribution is -2.12. The third-order valence-corrected chi connectivity index (χ3v) is 3.30. The molecule has 0 radical (unpaired) electrons. The molecule has 2 N–H and O–H groups in total. The Balaban J connectivity index is 1.90. The molecule has 0 atom stereocenters. The van der Waals surface area contributed by atoms with Gasteiger partial charge < -0.3 is 10.4 Å². The molecule has 0 bridgehead atoms. The van der Waals surface area contributed by atoms with Crippen LogP contribution in [0.2, 0.25) is 5.02 Å². The molecule has 0 aliphatic rings.